The lowest BCUT2D eigenvalue weighted by molar-refractivity contribution is -0.142. The number of aromatic nitrogens is 1. The van der Waals surface area contributed by atoms with Crippen molar-refractivity contribution in [1.82, 2.24) is 4.57 Å². The van der Waals surface area contributed by atoms with Gasteiger partial charge in [-0.1, -0.05) is 11.6 Å². The largest absolute Gasteiger partial charge is 0.481 e. The molecule has 1 aliphatic carbocycles. The average molecular weight is 257 g/mol. The molecule has 3 heteroatoms. The van der Waals surface area contributed by atoms with Crippen LogP contribution >= 0.6 is 0 Å². The third kappa shape index (κ3) is 1.76. The Morgan fingerprint density at radius 1 is 1.37 bits per heavy atom. The smallest absolute Gasteiger partial charge is 0.306 e. The average Bonchev–Trinajstić information content (AvgIpc) is 2.62. The van der Waals surface area contributed by atoms with Crippen molar-refractivity contribution in [1.29, 1.82) is 0 Å². The molecule has 1 unspecified atom stereocenters. The van der Waals surface area contributed by atoms with Crippen LogP contribution in [0.15, 0.2) is 12.1 Å². The van der Waals surface area contributed by atoms with E-state index >= 15 is 0 Å². The predicted octanol–water partition coefficient (Wildman–Crippen LogP) is 2.98. The second kappa shape index (κ2) is 4.12. The van der Waals surface area contributed by atoms with Gasteiger partial charge in [-0.05, 0) is 50.3 Å². The van der Waals surface area contributed by atoms with Crippen molar-refractivity contribution >= 4 is 16.9 Å². The number of fused-ring (bicyclic) bond motifs is 3. The highest BCUT2D eigenvalue weighted by molar-refractivity contribution is 5.89. The minimum absolute atomic E-state index is 0.223. The van der Waals surface area contributed by atoms with Gasteiger partial charge in [0.2, 0.25) is 0 Å². The van der Waals surface area contributed by atoms with E-state index in [9.17, 15) is 9.90 Å². The summed E-state index contributed by atoms with van der Waals surface area (Å²) in [6.45, 7) is 4.23. The summed E-state index contributed by atoms with van der Waals surface area (Å²) in [5.74, 6) is -0.883. The highest BCUT2D eigenvalue weighted by Crippen LogP contribution is 2.35. The molecule has 0 aliphatic heterocycles. The number of aryl methyl sites for hydroxylation is 3. The molecule has 0 amide bonds. The van der Waals surface area contributed by atoms with Crippen molar-refractivity contribution in [2.75, 3.05) is 0 Å². The number of nitrogens with zero attached hydrogens (tertiary/aromatic N) is 1. The summed E-state index contributed by atoms with van der Waals surface area (Å²) in [5.41, 5.74) is 6.36. The molecule has 3 nitrogen and oxygen atoms in total. The van der Waals surface area contributed by atoms with Crippen molar-refractivity contribution in [3.8, 4) is 0 Å². The maximum absolute atomic E-state index is 11.2. The first-order valence-corrected chi connectivity index (χ1v) is 6.79. The lowest BCUT2D eigenvalue weighted by Gasteiger charge is -2.19. The van der Waals surface area contributed by atoms with Crippen molar-refractivity contribution in [2.45, 2.75) is 33.1 Å². The Balaban J connectivity index is 2.26. The number of hydrogen-bond acceptors (Lipinski definition) is 1. The van der Waals surface area contributed by atoms with Crippen molar-refractivity contribution in [3.05, 3.63) is 34.5 Å². The van der Waals surface area contributed by atoms with Gasteiger partial charge in [0.15, 0.2) is 0 Å². The zero-order valence-corrected chi connectivity index (χ0v) is 11.7. The lowest BCUT2D eigenvalue weighted by atomic mass is 9.86. The van der Waals surface area contributed by atoms with Gasteiger partial charge in [-0.3, -0.25) is 4.79 Å². The van der Waals surface area contributed by atoms with Crippen LogP contribution in [0.1, 0.15) is 28.8 Å². The Hall–Kier alpha value is -1.77. The van der Waals surface area contributed by atoms with Crippen LogP contribution in [-0.4, -0.2) is 15.6 Å². The zero-order valence-electron chi connectivity index (χ0n) is 11.7. The van der Waals surface area contributed by atoms with E-state index in [1.165, 1.54) is 33.3 Å². The molecule has 19 heavy (non-hydrogen) atoms. The van der Waals surface area contributed by atoms with Crippen LogP contribution in [0.25, 0.3) is 10.9 Å². The van der Waals surface area contributed by atoms with E-state index in [1.807, 2.05) is 0 Å². The molecule has 1 atom stereocenters. The zero-order chi connectivity index (χ0) is 13.7. The summed E-state index contributed by atoms with van der Waals surface area (Å²) in [6.07, 6.45) is 2.30. The van der Waals surface area contributed by atoms with Crippen molar-refractivity contribution in [2.24, 2.45) is 13.0 Å². The molecular formula is C16H19NO2. The summed E-state index contributed by atoms with van der Waals surface area (Å²) in [5, 5.41) is 10.5. The minimum atomic E-state index is -0.660. The molecule has 1 aromatic carbocycles. The monoisotopic (exact) mass is 257 g/mol. The van der Waals surface area contributed by atoms with Crippen molar-refractivity contribution < 1.29 is 9.90 Å². The van der Waals surface area contributed by atoms with Crippen LogP contribution < -0.4 is 0 Å². The summed E-state index contributed by atoms with van der Waals surface area (Å²) < 4.78 is 2.26. The van der Waals surface area contributed by atoms with E-state index in [1.54, 1.807) is 0 Å². The fourth-order valence-electron chi connectivity index (χ4n) is 3.54. The number of benzene rings is 1. The number of aliphatic carboxylic acids is 1. The van der Waals surface area contributed by atoms with E-state index in [2.05, 4.69) is 37.6 Å². The van der Waals surface area contributed by atoms with Crippen LogP contribution in [-0.2, 0) is 24.7 Å². The molecule has 0 saturated heterocycles. The highest BCUT2D eigenvalue weighted by atomic mass is 16.4. The van der Waals surface area contributed by atoms with Crippen LogP contribution in [0.2, 0.25) is 0 Å². The molecule has 2 aromatic rings. The molecule has 0 saturated carbocycles. The quantitative estimate of drug-likeness (QED) is 0.853. The van der Waals surface area contributed by atoms with Crippen LogP contribution in [0.3, 0.4) is 0 Å². The fraction of sp³-hybridized carbons (Fsp3) is 0.438. The van der Waals surface area contributed by atoms with Gasteiger partial charge < -0.3 is 9.67 Å². The first-order valence-electron chi connectivity index (χ1n) is 6.79. The van der Waals surface area contributed by atoms with Crippen LogP contribution in [0.5, 0.6) is 0 Å². The van der Waals surface area contributed by atoms with E-state index in [4.69, 9.17) is 0 Å². The van der Waals surface area contributed by atoms with Gasteiger partial charge in [0.1, 0.15) is 0 Å². The minimum Gasteiger partial charge on any atom is -0.481 e. The van der Waals surface area contributed by atoms with E-state index in [-0.39, 0.29) is 5.92 Å². The summed E-state index contributed by atoms with van der Waals surface area (Å²) in [4.78, 5) is 11.2. The van der Waals surface area contributed by atoms with Gasteiger partial charge >= 0.3 is 5.97 Å². The Morgan fingerprint density at radius 3 is 2.79 bits per heavy atom. The molecule has 1 aliphatic rings. The number of carboxylic acids is 1. The van der Waals surface area contributed by atoms with Gasteiger partial charge in [0.25, 0.3) is 0 Å². The molecule has 1 aromatic heterocycles. The van der Waals surface area contributed by atoms with Crippen LogP contribution in [0, 0.1) is 19.8 Å². The number of carboxylic acid groups (broad SMARTS) is 1. The maximum Gasteiger partial charge on any atom is 0.306 e. The SMILES string of the molecule is Cc1cc(C)c2c(c1)c1c(n2C)CCC(C(=O)O)C1. The number of rotatable bonds is 1. The molecule has 1 N–H and O–H groups in total. The summed E-state index contributed by atoms with van der Waals surface area (Å²) in [6, 6.07) is 4.40. The first-order chi connectivity index (χ1) is 8.99. The lowest BCUT2D eigenvalue weighted by Crippen LogP contribution is -2.22. The predicted molar refractivity (Wildman–Crippen MR) is 75.5 cm³/mol. The van der Waals surface area contributed by atoms with Gasteiger partial charge in [-0.25, -0.2) is 0 Å². The van der Waals surface area contributed by atoms with E-state index < -0.39 is 5.97 Å². The maximum atomic E-state index is 11.2. The normalized spacial score (nSPS) is 18.6. The van der Waals surface area contributed by atoms with Crippen LogP contribution in [0.4, 0.5) is 0 Å². The van der Waals surface area contributed by atoms with Gasteiger partial charge in [0.05, 0.1) is 11.4 Å². The van der Waals surface area contributed by atoms with Gasteiger partial charge in [0, 0.05) is 18.1 Å². The van der Waals surface area contributed by atoms with Gasteiger partial charge in [-0.2, -0.15) is 0 Å². The molecule has 0 bridgehead atoms. The summed E-state index contributed by atoms with van der Waals surface area (Å²) in [7, 11) is 2.10. The fourth-order valence-corrected chi connectivity index (χ4v) is 3.54. The molecule has 1 heterocycles. The van der Waals surface area contributed by atoms with Gasteiger partial charge in [-0.15, -0.1) is 0 Å². The third-order valence-electron chi connectivity index (χ3n) is 4.39. The number of hydrogen-bond donors (Lipinski definition) is 1. The standard InChI is InChI=1S/C16H19NO2/c1-9-6-10(2)15-13(7-9)12-8-11(16(18)19)4-5-14(12)17(15)3/h6-7,11H,4-5,8H2,1-3H3,(H,18,19). The molecule has 0 radical (unpaired) electrons. The third-order valence-corrected chi connectivity index (χ3v) is 4.39. The Labute approximate surface area is 112 Å². The van der Waals surface area contributed by atoms with E-state index in [0.29, 0.717) is 6.42 Å². The molecule has 3 rings (SSSR count). The second-order valence-corrected chi connectivity index (χ2v) is 5.74. The number of carbonyl (C=O) groups is 1. The first kappa shape index (κ1) is 12.3. The van der Waals surface area contributed by atoms with E-state index in [0.717, 1.165) is 12.8 Å². The molecular weight excluding hydrogens is 238 g/mol. The molecule has 0 fully saturated rings. The Bertz CT molecular complexity index is 682. The second-order valence-electron chi connectivity index (χ2n) is 5.74. The Kier molecular flexibility index (Phi) is 2.66. The molecule has 0 spiro atoms. The topological polar surface area (TPSA) is 42.2 Å². The highest BCUT2D eigenvalue weighted by Gasteiger charge is 2.28. The van der Waals surface area contributed by atoms with Crippen molar-refractivity contribution in [3.63, 3.8) is 0 Å². The Morgan fingerprint density at radius 2 is 2.11 bits per heavy atom. The summed E-state index contributed by atoms with van der Waals surface area (Å²) >= 11 is 0. The molecule has 100 valence electrons.